The van der Waals surface area contributed by atoms with Crippen molar-refractivity contribution < 1.29 is 9.84 Å². The average molecular weight is 436 g/mol. The van der Waals surface area contributed by atoms with Crippen molar-refractivity contribution in [3.05, 3.63) is 99.4 Å². The summed E-state index contributed by atoms with van der Waals surface area (Å²) in [7, 11) is 1.88. The van der Waals surface area contributed by atoms with Gasteiger partial charge in [0.05, 0.1) is 24.8 Å². The molecule has 1 unspecified atom stereocenters. The SMILES string of the molecule is CN(Cc1nc2ccsc2c(=O)[nH]1)CC(O)COC(c1ccccc1)c1ccccc1. The molecule has 0 aliphatic rings. The van der Waals surface area contributed by atoms with Crippen molar-refractivity contribution in [3.63, 3.8) is 0 Å². The Bertz CT molecular complexity index is 1120. The molecule has 0 radical (unpaired) electrons. The second-order valence-corrected chi connectivity index (χ2v) is 8.45. The maximum absolute atomic E-state index is 12.1. The van der Waals surface area contributed by atoms with Gasteiger partial charge in [0.1, 0.15) is 16.6 Å². The minimum atomic E-state index is -0.684. The third-order valence-corrected chi connectivity index (χ3v) is 5.87. The Morgan fingerprint density at radius 1 is 1.06 bits per heavy atom. The van der Waals surface area contributed by atoms with Gasteiger partial charge in [0.15, 0.2) is 0 Å². The van der Waals surface area contributed by atoms with Crippen molar-refractivity contribution in [2.45, 2.75) is 18.8 Å². The smallest absolute Gasteiger partial charge is 0.268 e. The van der Waals surface area contributed by atoms with Crippen molar-refractivity contribution in [2.24, 2.45) is 0 Å². The molecule has 6 nitrogen and oxygen atoms in total. The maximum Gasteiger partial charge on any atom is 0.268 e. The summed E-state index contributed by atoms with van der Waals surface area (Å²) in [4.78, 5) is 21.4. The number of nitrogens with zero attached hydrogens (tertiary/aromatic N) is 2. The van der Waals surface area contributed by atoms with Crippen molar-refractivity contribution in [1.29, 1.82) is 0 Å². The molecule has 2 aromatic carbocycles. The molecule has 4 rings (SSSR count). The first-order chi connectivity index (χ1) is 15.1. The van der Waals surface area contributed by atoms with E-state index in [1.165, 1.54) is 11.3 Å². The van der Waals surface area contributed by atoms with Gasteiger partial charge in [0, 0.05) is 6.54 Å². The van der Waals surface area contributed by atoms with Crippen LogP contribution in [0.5, 0.6) is 0 Å². The monoisotopic (exact) mass is 435 g/mol. The molecule has 0 saturated heterocycles. The van der Waals surface area contributed by atoms with Crippen LogP contribution in [0, 0.1) is 0 Å². The molecule has 0 bridgehead atoms. The standard InChI is InChI=1S/C24H25N3O3S/c1-27(15-21-25-20-12-13-31-23(20)24(29)26-21)14-19(28)16-30-22(17-8-4-2-5-9-17)18-10-6-3-7-11-18/h2-13,19,22,28H,14-16H2,1H3,(H,25,26,29). The van der Waals surface area contributed by atoms with E-state index in [-0.39, 0.29) is 18.3 Å². The van der Waals surface area contributed by atoms with Crippen LogP contribution in [0.3, 0.4) is 0 Å². The third kappa shape index (κ3) is 5.45. The molecule has 0 aliphatic heterocycles. The molecular weight excluding hydrogens is 410 g/mol. The Labute approximate surface area is 184 Å². The van der Waals surface area contributed by atoms with Gasteiger partial charge in [-0.1, -0.05) is 60.7 Å². The number of likely N-dealkylation sites (N-methyl/N-ethyl adjacent to an activating group) is 1. The lowest BCUT2D eigenvalue weighted by molar-refractivity contribution is -0.00648. The predicted octanol–water partition coefficient (Wildman–Crippen LogP) is 3.58. The minimum Gasteiger partial charge on any atom is -0.389 e. The number of hydrogen-bond acceptors (Lipinski definition) is 6. The Hall–Kier alpha value is -2.84. The molecule has 0 amide bonds. The summed E-state index contributed by atoms with van der Waals surface area (Å²) in [6.45, 7) is 1.01. The molecule has 2 aromatic heterocycles. The number of aromatic amines is 1. The Balaban J connectivity index is 1.37. The van der Waals surface area contributed by atoms with Gasteiger partial charge in [-0.25, -0.2) is 4.98 Å². The maximum atomic E-state index is 12.1. The number of hydrogen-bond donors (Lipinski definition) is 2. The van der Waals surface area contributed by atoms with Gasteiger partial charge in [-0.2, -0.15) is 0 Å². The molecule has 0 saturated carbocycles. The summed E-state index contributed by atoms with van der Waals surface area (Å²) < 4.78 is 6.78. The lowest BCUT2D eigenvalue weighted by atomic mass is 10.0. The second kappa shape index (κ2) is 9.98. The van der Waals surface area contributed by atoms with Crippen LogP contribution in [-0.2, 0) is 11.3 Å². The Morgan fingerprint density at radius 2 is 1.71 bits per heavy atom. The van der Waals surface area contributed by atoms with E-state index in [0.717, 1.165) is 11.1 Å². The summed E-state index contributed by atoms with van der Waals surface area (Å²) in [5.74, 6) is 0.581. The number of rotatable bonds is 9. The number of benzene rings is 2. The zero-order valence-electron chi connectivity index (χ0n) is 17.3. The van der Waals surface area contributed by atoms with E-state index < -0.39 is 6.10 Å². The van der Waals surface area contributed by atoms with Crippen LogP contribution in [0.25, 0.3) is 10.2 Å². The van der Waals surface area contributed by atoms with E-state index >= 15 is 0 Å². The summed E-state index contributed by atoms with van der Waals surface area (Å²) in [5, 5.41) is 12.4. The van der Waals surface area contributed by atoms with Crippen LogP contribution in [-0.4, -0.2) is 46.3 Å². The number of H-pyrrole nitrogens is 1. The van der Waals surface area contributed by atoms with Gasteiger partial charge < -0.3 is 14.8 Å². The molecular formula is C24H25N3O3S. The van der Waals surface area contributed by atoms with Gasteiger partial charge in [0.2, 0.25) is 0 Å². The molecule has 1 atom stereocenters. The van der Waals surface area contributed by atoms with Crippen molar-refractivity contribution in [3.8, 4) is 0 Å². The van der Waals surface area contributed by atoms with E-state index in [9.17, 15) is 9.90 Å². The number of aliphatic hydroxyl groups excluding tert-OH is 1. The van der Waals surface area contributed by atoms with E-state index in [4.69, 9.17) is 4.74 Å². The predicted molar refractivity (Wildman–Crippen MR) is 123 cm³/mol. The van der Waals surface area contributed by atoms with Crippen LogP contribution in [0.2, 0.25) is 0 Å². The highest BCUT2D eigenvalue weighted by Gasteiger charge is 2.18. The molecule has 160 valence electrons. The van der Waals surface area contributed by atoms with E-state index in [1.54, 1.807) is 0 Å². The summed E-state index contributed by atoms with van der Waals surface area (Å²) in [5.41, 5.74) is 2.66. The van der Waals surface area contributed by atoms with E-state index in [1.807, 2.05) is 84.1 Å². The van der Waals surface area contributed by atoms with Crippen LogP contribution in [0.1, 0.15) is 23.1 Å². The quantitative estimate of drug-likeness (QED) is 0.420. The topological polar surface area (TPSA) is 78.5 Å². The fourth-order valence-electron chi connectivity index (χ4n) is 3.58. The van der Waals surface area contributed by atoms with Gasteiger partial charge in [0.25, 0.3) is 5.56 Å². The molecule has 0 fully saturated rings. The fraction of sp³-hybridized carbons (Fsp3) is 0.250. The molecule has 0 spiro atoms. The Kier molecular flexibility index (Phi) is 6.89. The fourth-order valence-corrected chi connectivity index (χ4v) is 4.30. The highest BCUT2D eigenvalue weighted by Crippen LogP contribution is 2.26. The number of aliphatic hydroxyl groups is 1. The summed E-state index contributed by atoms with van der Waals surface area (Å²) in [6, 6.07) is 21.8. The highest BCUT2D eigenvalue weighted by molar-refractivity contribution is 7.17. The minimum absolute atomic E-state index is 0.124. The summed E-state index contributed by atoms with van der Waals surface area (Å²) in [6.07, 6.45) is -0.932. The van der Waals surface area contributed by atoms with Crippen LogP contribution in [0.15, 0.2) is 76.9 Å². The van der Waals surface area contributed by atoms with E-state index in [2.05, 4.69) is 9.97 Å². The number of thiophene rings is 1. The lowest BCUT2D eigenvalue weighted by Crippen LogP contribution is -2.33. The second-order valence-electron chi connectivity index (χ2n) is 7.53. The number of fused-ring (bicyclic) bond motifs is 1. The van der Waals surface area contributed by atoms with Crippen molar-refractivity contribution >= 4 is 21.6 Å². The van der Waals surface area contributed by atoms with Crippen molar-refractivity contribution in [2.75, 3.05) is 20.2 Å². The van der Waals surface area contributed by atoms with Gasteiger partial charge in [-0.05, 0) is 29.6 Å². The highest BCUT2D eigenvalue weighted by atomic mass is 32.1. The first-order valence-corrected chi connectivity index (χ1v) is 11.0. The van der Waals surface area contributed by atoms with Crippen LogP contribution < -0.4 is 5.56 Å². The van der Waals surface area contributed by atoms with Gasteiger partial charge in [-0.3, -0.25) is 9.69 Å². The molecule has 7 heteroatoms. The molecule has 2 heterocycles. The molecule has 0 aliphatic carbocycles. The Morgan fingerprint density at radius 3 is 2.35 bits per heavy atom. The molecule has 4 aromatic rings. The van der Waals surface area contributed by atoms with Crippen molar-refractivity contribution in [1.82, 2.24) is 14.9 Å². The first-order valence-electron chi connectivity index (χ1n) is 10.1. The molecule has 31 heavy (non-hydrogen) atoms. The third-order valence-electron chi connectivity index (χ3n) is 4.97. The molecule has 2 N–H and O–H groups in total. The number of aromatic nitrogens is 2. The average Bonchev–Trinajstić information content (AvgIpc) is 3.24. The number of ether oxygens (including phenoxy) is 1. The lowest BCUT2D eigenvalue weighted by Gasteiger charge is -2.23. The zero-order chi connectivity index (χ0) is 21.6. The normalized spacial score (nSPS) is 12.6. The summed E-state index contributed by atoms with van der Waals surface area (Å²) >= 11 is 1.38. The van der Waals surface area contributed by atoms with E-state index in [0.29, 0.717) is 29.1 Å². The van der Waals surface area contributed by atoms with Crippen LogP contribution in [0.4, 0.5) is 0 Å². The zero-order valence-corrected chi connectivity index (χ0v) is 18.1. The van der Waals surface area contributed by atoms with Gasteiger partial charge in [-0.15, -0.1) is 11.3 Å². The van der Waals surface area contributed by atoms with Crippen LogP contribution >= 0.6 is 11.3 Å². The number of nitrogens with one attached hydrogen (secondary N) is 1. The largest absolute Gasteiger partial charge is 0.389 e. The van der Waals surface area contributed by atoms with Gasteiger partial charge >= 0.3 is 0 Å². The first kappa shape index (κ1) is 21.4.